The molecule has 0 bridgehead atoms. The largest absolute Gasteiger partial charge is 0.367 e. The number of nitrogens with zero attached hydrogens (tertiary/aromatic N) is 2. The molecular weight excluding hydrogens is 296 g/mol. The van der Waals surface area contributed by atoms with E-state index in [9.17, 15) is 9.59 Å². The Morgan fingerprint density at radius 2 is 2.04 bits per heavy atom. The quantitative estimate of drug-likeness (QED) is 0.586. The predicted octanol–water partition coefficient (Wildman–Crippen LogP) is 0.693. The number of carbonyl (C=O) groups is 1. The van der Waals surface area contributed by atoms with Crippen LogP contribution in [0.25, 0.3) is 0 Å². The molecule has 0 fully saturated rings. The number of carbonyl (C=O) groups excluding carboxylic acids is 1. The molecule has 23 heavy (non-hydrogen) atoms. The fourth-order valence-corrected chi connectivity index (χ4v) is 2.09. The summed E-state index contributed by atoms with van der Waals surface area (Å²) in [5.74, 6) is 0.650. The van der Waals surface area contributed by atoms with Gasteiger partial charge < -0.3 is 20.9 Å². The van der Waals surface area contributed by atoms with E-state index in [1.165, 1.54) is 0 Å². The van der Waals surface area contributed by atoms with E-state index in [4.69, 9.17) is 0 Å². The standard InChI is InChI=1S/C15H20N6O2/c1-10-7-11(2)21-14(22)12(10)8-20-15(23)19-6-5-18-13-9-16-3-4-17-13/h3-4,7,9H,5-6,8H2,1-2H3,(H,17,18)(H,21,22)(H2,19,20,23). The van der Waals surface area contributed by atoms with E-state index in [1.54, 1.807) is 18.6 Å². The molecule has 4 N–H and O–H groups in total. The fourth-order valence-electron chi connectivity index (χ4n) is 2.09. The lowest BCUT2D eigenvalue weighted by atomic mass is 10.1. The summed E-state index contributed by atoms with van der Waals surface area (Å²) in [6.45, 7) is 4.80. The number of aromatic amines is 1. The Kier molecular flexibility index (Phi) is 5.67. The summed E-state index contributed by atoms with van der Waals surface area (Å²) in [7, 11) is 0. The molecule has 0 aromatic carbocycles. The molecule has 2 aromatic heterocycles. The van der Waals surface area contributed by atoms with Crippen LogP contribution < -0.4 is 21.5 Å². The molecule has 0 radical (unpaired) electrons. The number of anilines is 1. The molecule has 0 spiro atoms. The number of H-pyrrole nitrogens is 1. The van der Waals surface area contributed by atoms with Crippen LogP contribution in [0.1, 0.15) is 16.8 Å². The third-order valence-electron chi connectivity index (χ3n) is 3.20. The Labute approximate surface area is 133 Å². The summed E-state index contributed by atoms with van der Waals surface area (Å²) in [4.78, 5) is 34.3. The molecule has 0 saturated heterocycles. The molecule has 2 aromatic rings. The van der Waals surface area contributed by atoms with Gasteiger partial charge in [-0.05, 0) is 25.5 Å². The van der Waals surface area contributed by atoms with Gasteiger partial charge in [0.1, 0.15) is 5.82 Å². The molecule has 0 saturated carbocycles. The molecule has 8 nitrogen and oxygen atoms in total. The van der Waals surface area contributed by atoms with E-state index in [0.717, 1.165) is 11.3 Å². The van der Waals surface area contributed by atoms with E-state index in [-0.39, 0.29) is 18.1 Å². The SMILES string of the molecule is Cc1cc(C)c(CNC(=O)NCCNc2cnccn2)c(=O)[nH]1. The van der Waals surface area contributed by atoms with Gasteiger partial charge in [0.15, 0.2) is 0 Å². The summed E-state index contributed by atoms with van der Waals surface area (Å²) in [6.07, 6.45) is 4.78. The number of urea groups is 1. The van der Waals surface area contributed by atoms with Crippen LogP contribution in [0.3, 0.4) is 0 Å². The Morgan fingerprint density at radius 1 is 1.22 bits per heavy atom. The highest BCUT2D eigenvalue weighted by molar-refractivity contribution is 5.73. The van der Waals surface area contributed by atoms with E-state index in [1.807, 2.05) is 19.9 Å². The number of rotatable bonds is 6. The molecule has 0 aliphatic carbocycles. The van der Waals surface area contributed by atoms with Crippen molar-refractivity contribution in [3.05, 3.63) is 51.8 Å². The molecule has 2 rings (SSSR count). The highest BCUT2D eigenvalue weighted by atomic mass is 16.2. The minimum absolute atomic E-state index is 0.174. The van der Waals surface area contributed by atoms with Crippen LogP contribution >= 0.6 is 0 Å². The highest BCUT2D eigenvalue weighted by Gasteiger charge is 2.07. The number of nitrogens with one attached hydrogen (secondary N) is 4. The fraction of sp³-hybridized carbons (Fsp3) is 0.333. The van der Waals surface area contributed by atoms with Gasteiger partial charge in [0.2, 0.25) is 0 Å². The first-order chi connectivity index (χ1) is 11.1. The van der Waals surface area contributed by atoms with Crippen molar-refractivity contribution in [2.75, 3.05) is 18.4 Å². The van der Waals surface area contributed by atoms with Crippen molar-refractivity contribution >= 4 is 11.8 Å². The van der Waals surface area contributed by atoms with Gasteiger partial charge in [-0.25, -0.2) is 9.78 Å². The molecule has 122 valence electrons. The van der Waals surface area contributed by atoms with Crippen LogP contribution in [0, 0.1) is 13.8 Å². The van der Waals surface area contributed by atoms with Crippen molar-refractivity contribution in [2.45, 2.75) is 20.4 Å². The second kappa shape index (κ2) is 7.92. The maximum absolute atomic E-state index is 11.8. The zero-order valence-electron chi connectivity index (χ0n) is 13.1. The Balaban J connectivity index is 1.72. The molecule has 2 heterocycles. The summed E-state index contributed by atoms with van der Waals surface area (Å²) in [5, 5.41) is 8.40. The molecule has 0 unspecified atom stereocenters. The van der Waals surface area contributed by atoms with Crippen molar-refractivity contribution in [2.24, 2.45) is 0 Å². The molecule has 0 aliphatic rings. The molecule has 2 amide bonds. The maximum atomic E-state index is 11.8. The second-order valence-corrected chi connectivity index (χ2v) is 5.07. The Hall–Kier alpha value is -2.90. The first kappa shape index (κ1) is 16.5. The Morgan fingerprint density at radius 3 is 2.74 bits per heavy atom. The molecule has 8 heteroatoms. The highest BCUT2D eigenvalue weighted by Crippen LogP contribution is 2.02. The lowest BCUT2D eigenvalue weighted by Gasteiger charge is -2.10. The number of hydrogen-bond donors (Lipinski definition) is 4. The van der Waals surface area contributed by atoms with E-state index >= 15 is 0 Å². The zero-order valence-corrected chi connectivity index (χ0v) is 13.1. The van der Waals surface area contributed by atoms with Crippen LogP contribution in [0.5, 0.6) is 0 Å². The molecule has 0 aliphatic heterocycles. The van der Waals surface area contributed by atoms with Crippen LogP contribution in [0.15, 0.2) is 29.5 Å². The number of aromatic nitrogens is 3. The summed E-state index contributed by atoms with van der Waals surface area (Å²) >= 11 is 0. The van der Waals surface area contributed by atoms with Gasteiger partial charge in [0.05, 0.1) is 12.7 Å². The third-order valence-corrected chi connectivity index (χ3v) is 3.20. The average Bonchev–Trinajstić information content (AvgIpc) is 2.51. The first-order valence-corrected chi connectivity index (χ1v) is 7.27. The predicted molar refractivity (Wildman–Crippen MR) is 87.3 cm³/mol. The number of hydrogen-bond acceptors (Lipinski definition) is 5. The minimum Gasteiger partial charge on any atom is -0.367 e. The van der Waals surface area contributed by atoms with Crippen LogP contribution in [0.4, 0.5) is 10.6 Å². The van der Waals surface area contributed by atoms with Crippen LogP contribution in [0.2, 0.25) is 0 Å². The van der Waals surface area contributed by atoms with Gasteiger partial charge in [-0.1, -0.05) is 0 Å². The van der Waals surface area contributed by atoms with Crippen molar-refractivity contribution in [1.82, 2.24) is 25.6 Å². The smallest absolute Gasteiger partial charge is 0.315 e. The second-order valence-electron chi connectivity index (χ2n) is 5.07. The van der Waals surface area contributed by atoms with Crippen molar-refractivity contribution in [1.29, 1.82) is 0 Å². The number of aryl methyl sites for hydroxylation is 2. The summed E-state index contributed by atoms with van der Waals surface area (Å²) in [6, 6.07) is 1.55. The third kappa shape index (κ3) is 5.10. The van der Waals surface area contributed by atoms with Gasteiger partial charge in [0, 0.05) is 36.7 Å². The minimum atomic E-state index is -0.328. The van der Waals surface area contributed by atoms with Gasteiger partial charge in [-0.2, -0.15) is 0 Å². The van der Waals surface area contributed by atoms with Crippen molar-refractivity contribution < 1.29 is 4.79 Å². The maximum Gasteiger partial charge on any atom is 0.315 e. The molecule has 0 atom stereocenters. The average molecular weight is 316 g/mol. The first-order valence-electron chi connectivity index (χ1n) is 7.27. The van der Waals surface area contributed by atoms with E-state index in [0.29, 0.717) is 24.5 Å². The number of pyridine rings is 1. The van der Waals surface area contributed by atoms with E-state index in [2.05, 4.69) is 30.9 Å². The van der Waals surface area contributed by atoms with Gasteiger partial charge in [0.25, 0.3) is 5.56 Å². The number of amides is 2. The van der Waals surface area contributed by atoms with Crippen molar-refractivity contribution in [3.63, 3.8) is 0 Å². The van der Waals surface area contributed by atoms with Crippen molar-refractivity contribution in [3.8, 4) is 0 Å². The van der Waals surface area contributed by atoms with Gasteiger partial charge in [-0.15, -0.1) is 0 Å². The lowest BCUT2D eigenvalue weighted by Crippen LogP contribution is -2.38. The summed E-state index contributed by atoms with van der Waals surface area (Å²) < 4.78 is 0. The lowest BCUT2D eigenvalue weighted by molar-refractivity contribution is 0.241. The van der Waals surface area contributed by atoms with E-state index < -0.39 is 0 Å². The topological polar surface area (TPSA) is 112 Å². The molecular formula is C15H20N6O2. The monoisotopic (exact) mass is 316 g/mol. The van der Waals surface area contributed by atoms with Gasteiger partial charge >= 0.3 is 6.03 Å². The Bertz CT molecular complexity index is 714. The van der Waals surface area contributed by atoms with Crippen LogP contribution in [-0.2, 0) is 6.54 Å². The normalized spacial score (nSPS) is 10.2. The van der Waals surface area contributed by atoms with Crippen LogP contribution in [-0.4, -0.2) is 34.1 Å². The zero-order chi connectivity index (χ0) is 16.7. The summed E-state index contributed by atoms with van der Waals surface area (Å²) in [5.41, 5.74) is 2.04. The van der Waals surface area contributed by atoms with Gasteiger partial charge in [-0.3, -0.25) is 9.78 Å².